The molecule has 0 radical (unpaired) electrons. The summed E-state index contributed by atoms with van der Waals surface area (Å²) in [6.45, 7) is 3.74. The van der Waals surface area contributed by atoms with Gasteiger partial charge in [-0.05, 0) is 42.0 Å². The molecule has 10 nitrogen and oxygen atoms in total. The summed E-state index contributed by atoms with van der Waals surface area (Å²) < 4.78 is 17.5. The van der Waals surface area contributed by atoms with Gasteiger partial charge in [-0.3, -0.25) is 24.1 Å². The van der Waals surface area contributed by atoms with Crippen LogP contribution in [0.15, 0.2) is 53.6 Å². The van der Waals surface area contributed by atoms with Crippen molar-refractivity contribution in [3.8, 4) is 11.5 Å². The number of nitrogens with zero attached hydrogens (tertiary/aromatic N) is 2. The number of ether oxygens (including phenoxy) is 3. The second-order valence-corrected chi connectivity index (χ2v) is 10.2. The van der Waals surface area contributed by atoms with Crippen LogP contribution in [0.1, 0.15) is 19.4 Å². The quantitative estimate of drug-likeness (QED) is 0.336. The Balaban J connectivity index is 1.33. The van der Waals surface area contributed by atoms with Crippen molar-refractivity contribution < 1.29 is 33.4 Å². The molecule has 0 aliphatic carbocycles. The monoisotopic (exact) mass is 535 g/mol. The number of anilines is 1. The number of carbonyl (C=O) groups excluding carboxylic acids is 4. The predicted molar refractivity (Wildman–Crippen MR) is 142 cm³/mol. The molecule has 0 bridgehead atoms. The number of imide groups is 1. The zero-order valence-corrected chi connectivity index (χ0v) is 21.6. The second kappa shape index (κ2) is 10.6. The number of hydrogen-bond donors (Lipinski definition) is 1. The minimum Gasteiger partial charge on any atom is -0.464 e. The highest BCUT2D eigenvalue weighted by Gasteiger charge is 2.37. The molecule has 2 aliphatic rings. The first-order chi connectivity index (χ1) is 18.3. The summed E-state index contributed by atoms with van der Waals surface area (Å²) in [7, 11) is 0. The lowest BCUT2D eigenvalue weighted by atomic mass is 10.1. The average molecular weight is 536 g/mol. The molecule has 2 aromatic carbocycles. The Hall–Kier alpha value is -4.25. The van der Waals surface area contributed by atoms with Crippen LogP contribution in [0.5, 0.6) is 11.5 Å². The summed E-state index contributed by atoms with van der Waals surface area (Å²) in [5.41, 5.74) is 2.04. The highest BCUT2D eigenvalue weighted by atomic mass is 32.2. The number of thioether (sulfide) groups is 1. The number of para-hydroxylation sites is 1. The molecule has 1 aromatic heterocycles. The first-order valence-corrected chi connectivity index (χ1v) is 12.8. The average Bonchev–Trinajstić information content (AvgIpc) is 3.56. The predicted octanol–water partition coefficient (Wildman–Crippen LogP) is 4.24. The van der Waals surface area contributed by atoms with Crippen LogP contribution in [0.2, 0.25) is 0 Å². The number of rotatable bonds is 8. The summed E-state index contributed by atoms with van der Waals surface area (Å²) in [5, 5.41) is 3.14. The topological polar surface area (TPSA) is 116 Å². The maximum absolute atomic E-state index is 12.9. The zero-order valence-electron chi connectivity index (χ0n) is 20.8. The lowest BCUT2D eigenvalue weighted by Gasteiger charge is -2.12. The molecule has 3 heterocycles. The Bertz CT molecular complexity index is 1480. The molecule has 1 fully saturated rings. The third-order valence-corrected chi connectivity index (χ3v) is 6.72. The third-order valence-electron chi connectivity index (χ3n) is 5.81. The van der Waals surface area contributed by atoms with Gasteiger partial charge in [0.05, 0.1) is 11.5 Å². The van der Waals surface area contributed by atoms with Crippen LogP contribution in [0.25, 0.3) is 17.0 Å². The van der Waals surface area contributed by atoms with Crippen LogP contribution >= 0.6 is 11.8 Å². The number of benzene rings is 2. The smallest absolute Gasteiger partial charge is 0.326 e. The minimum atomic E-state index is -0.632. The van der Waals surface area contributed by atoms with Crippen LogP contribution < -0.4 is 14.8 Å². The van der Waals surface area contributed by atoms with Gasteiger partial charge >= 0.3 is 5.97 Å². The molecule has 11 heteroatoms. The van der Waals surface area contributed by atoms with Gasteiger partial charge in [0.25, 0.3) is 11.1 Å². The van der Waals surface area contributed by atoms with E-state index in [1.54, 1.807) is 35.0 Å². The molecule has 1 saturated heterocycles. The number of nitrogens with one attached hydrogen (secondary N) is 1. The Morgan fingerprint density at radius 1 is 1.11 bits per heavy atom. The van der Waals surface area contributed by atoms with Gasteiger partial charge in [0, 0.05) is 34.4 Å². The van der Waals surface area contributed by atoms with E-state index in [9.17, 15) is 19.2 Å². The Morgan fingerprint density at radius 2 is 1.89 bits per heavy atom. The summed E-state index contributed by atoms with van der Waals surface area (Å²) in [5.74, 6) is -0.104. The number of hydrogen-bond acceptors (Lipinski definition) is 8. The summed E-state index contributed by atoms with van der Waals surface area (Å²) in [6.07, 6.45) is 3.37. The van der Waals surface area contributed by atoms with E-state index in [4.69, 9.17) is 14.2 Å². The number of aromatic nitrogens is 1. The lowest BCUT2D eigenvalue weighted by Crippen LogP contribution is -2.34. The fourth-order valence-corrected chi connectivity index (χ4v) is 4.89. The molecule has 3 amide bonds. The van der Waals surface area contributed by atoms with E-state index in [0.717, 1.165) is 27.6 Å². The van der Waals surface area contributed by atoms with Gasteiger partial charge in [-0.15, -0.1) is 0 Å². The highest BCUT2D eigenvalue weighted by molar-refractivity contribution is 8.18. The SMILES string of the molecule is CC(C)COC(=O)CN1C(=O)S/C(=C\c2cn(CC(=O)Nc3ccc4c(c3)OCO4)c3ccccc23)C1=O. The maximum atomic E-state index is 12.9. The largest absolute Gasteiger partial charge is 0.464 e. The first-order valence-electron chi connectivity index (χ1n) is 12.0. The van der Waals surface area contributed by atoms with Crippen molar-refractivity contribution in [3.05, 3.63) is 59.1 Å². The Morgan fingerprint density at radius 3 is 2.71 bits per heavy atom. The van der Waals surface area contributed by atoms with Gasteiger partial charge in [-0.2, -0.15) is 0 Å². The van der Waals surface area contributed by atoms with Crippen molar-refractivity contribution in [2.75, 3.05) is 25.3 Å². The molecule has 0 unspecified atom stereocenters. The molecule has 0 atom stereocenters. The minimum absolute atomic E-state index is 0.0198. The zero-order chi connectivity index (χ0) is 26.8. The molecule has 1 N–H and O–H groups in total. The molecule has 0 saturated carbocycles. The van der Waals surface area contributed by atoms with E-state index in [1.165, 1.54) is 0 Å². The number of esters is 1. The fraction of sp³-hybridized carbons (Fsp3) is 0.259. The third kappa shape index (κ3) is 5.37. The standard InChI is InChI=1S/C27H25N3O7S/c1-16(2)14-35-25(32)13-30-26(33)23(38-27(30)34)9-17-11-29(20-6-4-3-5-19(17)20)12-24(31)28-18-7-8-21-22(10-18)37-15-36-21/h3-11,16H,12-15H2,1-2H3,(H,28,31)/b23-9-. The van der Waals surface area contributed by atoms with E-state index in [0.29, 0.717) is 22.7 Å². The Labute approximate surface area is 222 Å². The van der Waals surface area contributed by atoms with Gasteiger partial charge in [0.15, 0.2) is 11.5 Å². The summed E-state index contributed by atoms with van der Waals surface area (Å²) in [6, 6.07) is 12.6. The molecule has 3 aromatic rings. The van der Waals surface area contributed by atoms with Crippen LogP contribution in [-0.2, 0) is 25.7 Å². The van der Waals surface area contributed by atoms with Crippen molar-refractivity contribution in [1.29, 1.82) is 0 Å². The number of carbonyl (C=O) groups is 4. The highest BCUT2D eigenvalue weighted by Crippen LogP contribution is 2.35. The second-order valence-electron chi connectivity index (χ2n) is 9.19. The van der Waals surface area contributed by atoms with E-state index in [-0.39, 0.29) is 36.7 Å². The van der Waals surface area contributed by atoms with Crippen molar-refractivity contribution in [2.24, 2.45) is 5.92 Å². The molecule has 5 rings (SSSR count). The van der Waals surface area contributed by atoms with Crippen molar-refractivity contribution in [3.63, 3.8) is 0 Å². The maximum Gasteiger partial charge on any atom is 0.326 e. The normalized spacial score (nSPS) is 15.7. The van der Waals surface area contributed by atoms with E-state index in [2.05, 4.69) is 5.32 Å². The molecule has 2 aliphatic heterocycles. The molecule has 196 valence electrons. The van der Waals surface area contributed by atoms with Gasteiger partial charge < -0.3 is 24.1 Å². The van der Waals surface area contributed by atoms with Crippen LogP contribution in [0, 0.1) is 5.92 Å². The molecule has 38 heavy (non-hydrogen) atoms. The van der Waals surface area contributed by atoms with Crippen molar-refractivity contribution in [1.82, 2.24) is 9.47 Å². The van der Waals surface area contributed by atoms with Gasteiger partial charge in [-0.25, -0.2) is 0 Å². The van der Waals surface area contributed by atoms with Gasteiger partial charge in [-0.1, -0.05) is 32.0 Å². The molecular weight excluding hydrogens is 510 g/mol. The van der Waals surface area contributed by atoms with Crippen LogP contribution in [0.3, 0.4) is 0 Å². The van der Waals surface area contributed by atoms with Crippen molar-refractivity contribution in [2.45, 2.75) is 20.4 Å². The first kappa shape index (κ1) is 25.4. The van der Waals surface area contributed by atoms with Crippen LogP contribution in [0.4, 0.5) is 10.5 Å². The van der Waals surface area contributed by atoms with E-state index < -0.39 is 23.7 Å². The number of fused-ring (bicyclic) bond motifs is 2. The van der Waals surface area contributed by atoms with Crippen molar-refractivity contribution >= 4 is 57.5 Å². The summed E-state index contributed by atoms with van der Waals surface area (Å²) in [4.78, 5) is 51.4. The fourth-order valence-electron chi connectivity index (χ4n) is 4.06. The van der Waals surface area contributed by atoms with Crippen LogP contribution in [-0.4, -0.2) is 52.4 Å². The van der Waals surface area contributed by atoms with Gasteiger partial charge in [0.1, 0.15) is 13.1 Å². The van der Waals surface area contributed by atoms with E-state index >= 15 is 0 Å². The van der Waals surface area contributed by atoms with Gasteiger partial charge in [0.2, 0.25) is 12.7 Å². The molecular formula is C27H25N3O7S. The lowest BCUT2D eigenvalue weighted by molar-refractivity contribution is -0.147. The van der Waals surface area contributed by atoms with E-state index in [1.807, 2.05) is 38.1 Å². The molecule has 0 spiro atoms. The number of amides is 3. The summed E-state index contributed by atoms with van der Waals surface area (Å²) >= 11 is 0.766. The Kier molecular flexibility index (Phi) is 7.10.